The van der Waals surface area contributed by atoms with Gasteiger partial charge in [0, 0.05) is 12.4 Å². The van der Waals surface area contributed by atoms with E-state index in [1.165, 1.54) is 0 Å². The van der Waals surface area contributed by atoms with Crippen molar-refractivity contribution in [1.29, 1.82) is 0 Å². The molecule has 5 heteroatoms. The van der Waals surface area contributed by atoms with Gasteiger partial charge in [0.05, 0.1) is 6.61 Å². The van der Waals surface area contributed by atoms with Crippen molar-refractivity contribution in [3.63, 3.8) is 0 Å². The minimum atomic E-state index is -0.550. The molecule has 0 aromatic heterocycles. The van der Waals surface area contributed by atoms with Crippen molar-refractivity contribution in [3.05, 3.63) is 0 Å². The van der Waals surface area contributed by atoms with E-state index < -0.39 is 6.04 Å². The van der Waals surface area contributed by atoms with Gasteiger partial charge in [0.2, 0.25) is 0 Å². The van der Waals surface area contributed by atoms with E-state index in [0.717, 1.165) is 5.75 Å². The number of carbonyl (C=O) groups is 1. The highest BCUT2D eigenvalue weighted by Gasteiger charge is 2.14. The zero-order chi connectivity index (χ0) is 11.0. The molecule has 0 aliphatic rings. The zero-order valence-corrected chi connectivity index (χ0v) is 9.55. The second-order valence-corrected chi connectivity index (χ2v) is 4.26. The van der Waals surface area contributed by atoms with Crippen molar-refractivity contribution >= 4 is 17.7 Å². The number of aliphatic hydroxyl groups is 1. The Labute approximate surface area is 89.2 Å². The quantitative estimate of drug-likeness (QED) is 0.602. The number of aliphatic hydroxyl groups excluding tert-OH is 1. The molecule has 0 bridgehead atoms. The van der Waals surface area contributed by atoms with Crippen LogP contribution in [0, 0.1) is 5.92 Å². The first-order chi connectivity index (χ1) is 6.61. The largest absolute Gasteiger partial charge is 0.465 e. The molecule has 3 N–H and O–H groups in total. The molecule has 0 saturated carbocycles. The second-order valence-electron chi connectivity index (χ2n) is 3.18. The number of carbonyl (C=O) groups excluding carboxylic acids is 1. The fraction of sp³-hybridized carbons (Fsp3) is 0.889. The van der Waals surface area contributed by atoms with E-state index in [2.05, 4.69) is 0 Å². The zero-order valence-electron chi connectivity index (χ0n) is 8.73. The standard InChI is InChI=1S/C9H19NO3S/c1-3-13-9(12)8(10)6-14-5-7(2)4-11/h7-8,11H,3-6,10H2,1-2H3. The molecule has 0 fully saturated rings. The lowest BCUT2D eigenvalue weighted by Crippen LogP contribution is -2.34. The van der Waals surface area contributed by atoms with Gasteiger partial charge in [-0.3, -0.25) is 4.79 Å². The lowest BCUT2D eigenvalue weighted by atomic mass is 10.2. The van der Waals surface area contributed by atoms with Gasteiger partial charge in [-0.05, 0) is 18.6 Å². The SMILES string of the molecule is CCOC(=O)C(N)CSCC(C)CO. The molecule has 0 aliphatic heterocycles. The van der Waals surface area contributed by atoms with Gasteiger partial charge in [-0.15, -0.1) is 0 Å². The molecule has 0 heterocycles. The van der Waals surface area contributed by atoms with E-state index in [4.69, 9.17) is 15.6 Å². The first kappa shape index (κ1) is 13.7. The third-order valence-electron chi connectivity index (χ3n) is 1.60. The molecule has 0 rings (SSSR count). The van der Waals surface area contributed by atoms with E-state index in [-0.39, 0.29) is 18.5 Å². The third-order valence-corrected chi connectivity index (χ3v) is 3.00. The molecule has 2 atom stereocenters. The van der Waals surface area contributed by atoms with Crippen molar-refractivity contribution in [3.8, 4) is 0 Å². The molecular weight excluding hydrogens is 202 g/mol. The summed E-state index contributed by atoms with van der Waals surface area (Å²) in [6, 6.07) is -0.550. The number of hydrogen-bond acceptors (Lipinski definition) is 5. The molecule has 0 radical (unpaired) electrons. The van der Waals surface area contributed by atoms with Gasteiger partial charge in [0.1, 0.15) is 6.04 Å². The molecule has 0 spiro atoms. The molecule has 14 heavy (non-hydrogen) atoms. The summed E-state index contributed by atoms with van der Waals surface area (Å²) in [5.41, 5.74) is 5.57. The van der Waals surface area contributed by atoms with Gasteiger partial charge in [0.15, 0.2) is 0 Å². The van der Waals surface area contributed by atoms with Gasteiger partial charge in [-0.1, -0.05) is 6.92 Å². The van der Waals surface area contributed by atoms with Crippen LogP contribution in [0.5, 0.6) is 0 Å². The first-order valence-electron chi connectivity index (χ1n) is 4.72. The minimum absolute atomic E-state index is 0.168. The molecule has 4 nitrogen and oxygen atoms in total. The smallest absolute Gasteiger partial charge is 0.323 e. The van der Waals surface area contributed by atoms with Crippen LogP contribution in [0.2, 0.25) is 0 Å². The first-order valence-corrected chi connectivity index (χ1v) is 5.88. The molecule has 0 saturated heterocycles. The Hall–Kier alpha value is -0.260. The van der Waals surface area contributed by atoms with E-state index in [0.29, 0.717) is 12.4 Å². The monoisotopic (exact) mass is 221 g/mol. The van der Waals surface area contributed by atoms with Gasteiger partial charge in [-0.25, -0.2) is 0 Å². The topological polar surface area (TPSA) is 72.5 Å². The highest BCUT2D eigenvalue weighted by molar-refractivity contribution is 7.99. The van der Waals surface area contributed by atoms with Crippen LogP contribution >= 0.6 is 11.8 Å². The second kappa shape index (κ2) is 8.08. The molecule has 84 valence electrons. The third kappa shape index (κ3) is 6.23. The molecule has 0 aromatic rings. The van der Waals surface area contributed by atoms with Gasteiger partial charge in [-0.2, -0.15) is 11.8 Å². The maximum Gasteiger partial charge on any atom is 0.323 e. The van der Waals surface area contributed by atoms with Gasteiger partial charge >= 0.3 is 5.97 Å². The van der Waals surface area contributed by atoms with Gasteiger partial charge < -0.3 is 15.6 Å². The molecule has 2 unspecified atom stereocenters. The van der Waals surface area contributed by atoms with E-state index >= 15 is 0 Å². The maximum absolute atomic E-state index is 11.1. The number of rotatable bonds is 7. The van der Waals surface area contributed by atoms with Crippen molar-refractivity contribution in [2.45, 2.75) is 19.9 Å². The van der Waals surface area contributed by atoms with E-state index in [9.17, 15) is 4.79 Å². The predicted octanol–water partition coefficient (Wildman–Crippen LogP) is 0.238. The lowest BCUT2D eigenvalue weighted by Gasteiger charge is -2.11. The van der Waals surface area contributed by atoms with Crippen molar-refractivity contribution in [2.24, 2.45) is 11.7 Å². The van der Waals surface area contributed by atoms with Crippen LogP contribution in [0.25, 0.3) is 0 Å². The van der Waals surface area contributed by atoms with Crippen molar-refractivity contribution in [2.75, 3.05) is 24.7 Å². The number of ether oxygens (including phenoxy) is 1. The van der Waals surface area contributed by atoms with Crippen molar-refractivity contribution < 1.29 is 14.6 Å². The van der Waals surface area contributed by atoms with Crippen molar-refractivity contribution in [1.82, 2.24) is 0 Å². The summed E-state index contributed by atoms with van der Waals surface area (Å²) in [5.74, 6) is 1.25. The average Bonchev–Trinajstić information content (AvgIpc) is 2.17. The Balaban J connectivity index is 3.52. The van der Waals surface area contributed by atoms with Crippen LogP contribution in [0.3, 0.4) is 0 Å². The maximum atomic E-state index is 11.1. The fourth-order valence-corrected chi connectivity index (χ4v) is 1.80. The van der Waals surface area contributed by atoms with Crippen LogP contribution < -0.4 is 5.73 Å². The van der Waals surface area contributed by atoms with Gasteiger partial charge in [0.25, 0.3) is 0 Å². The molecular formula is C9H19NO3S. The summed E-state index contributed by atoms with van der Waals surface area (Å²) in [6.07, 6.45) is 0. The normalized spacial score (nSPS) is 14.9. The van der Waals surface area contributed by atoms with Crippen LogP contribution in [0.15, 0.2) is 0 Å². The summed E-state index contributed by atoms with van der Waals surface area (Å²) in [5, 5.41) is 8.76. The Morgan fingerprint density at radius 1 is 1.57 bits per heavy atom. The van der Waals surface area contributed by atoms with Crippen LogP contribution in [0.1, 0.15) is 13.8 Å². The lowest BCUT2D eigenvalue weighted by molar-refractivity contribution is -0.144. The number of nitrogens with two attached hydrogens (primary N) is 1. The molecule has 0 amide bonds. The minimum Gasteiger partial charge on any atom is -0.465 e. The van der Waals surface area contributed by atoms with Crippen LogP contribution in [-0.2, 0) is 9.53 Å². The summed E-state index contributed by atoms with van der Waals surface area (Å²) in [4.78, 5) is 11.1. The predicted molar refractivity (Wildman–Crippen MR) is 58.2 cm³/mol. The highest BCUT2D eigenvalue weighted by atomic mass is 32.2. The molecule has 0 aromatic carbocycles. The Morgan fingerprint density at radius 3 is 2.71 bits per heavy atom. The Bertz CT molecular complexity index is 166. The van der Waals surface area contributed by atoms with Crippen LogP contribution in [-0.4, -0.2) is 41.8 Å². The fourth-order valence-electron chi connectivity index (χ4n) is 0.766. The number of hydrogen-bond donors (Lipinski definition) is 2. The summed E-state index contributed by atoms with van der Waals surface area (Å²) < 4.78 is 4.76. The molecule has 0 aliphatic carbocycles. The summed E-state index contributed by atoms with van der Waals surface area (Å²) >= 11 is 1.56. The van der Waals surface area contributed by atoms with E-state index in [1.807, 2.05) is 6.92 Å². The van der Waals surface area contributed by atoms with E-state index in [1.54, 1.807) is 18.7 Å². The van der Waals surface area contributed by atoms with Crippen LogP contribution in [0.4, 0.5) is 0 Å². The average molecular weight is 221 g/mol. The summed E-state index contributed by atoms with van der Waals surface area (Å²) in [6.45, 7) is 4.24. The Morgan fingerprint density at radius 2 is 2.21 bits per heavy atom. The number of esters is 1. The highest BCUT2D eigenvalue weighted by Crippen LogP contribution is 2.08. The number of thioether (sulfide) groups is 1. The summed E-state index contributed by atoms with van der Waals surface area (Å²) in [7, 11) is 0. The Kier molecular flexibility index (Phi) is 7.93.